The SMILES string of the molecule is CSC1CCCC(NC(=O)c2cc(N)ncc2[N+](=O)[O-])C1. The summed E-state index contributed by atoms with van der Waals surface area (Å²) in [6.45, 7) is 0. The van der Waals surface area contributed by atoms with Gasteiger partial charge in [-0.15, -0.1) is 0 Å². The zero-order valence-electron chi connectivity index (χ0n) is 11.7. The molecule has 1 aromatic rings. The molecule has 1 aliphatic carbocycles. The predicted octanol–water partition coefficient (Wildman–Crippen LogP) is 1.98. The fourth-order valence-electron chi connectivity index (χ4n) is 2.54. The van der Waals surface area contributed by atoms with Crippen LogP contribution in [-0.2, 0) is 0 Å². The third-order valence-corrected chi connectivity index (χ3v) is 4.73. The molecular weight excluding hydrogens is 292 g/mol. The van der Waals surface area contributed by atoms with E-state index in [2.05, 4.69) is 16.6 Å². The molecule has 21 heavy (non-hydrogen) atoms. The molecule has 2 rings (SSSR count). The van der Waals surface area contributed by atoms with E-state index in [9.17, 15) is 14.9 Å². The van der Waals surface area contributed by atoms with Crippen LogP contribution in [0.1, 0.15) is 36.0 Å². The summed E-state index contributed by atoms with van der Waals surface area (Å²) in [5.41, 5.74) is 5.18. The number of nitrogens with two attached hydrogens (primary N) is 1. The number of hydrogen-bond donors (Lipinski definition) is 2. The van der Waals surface area contributed by atoms with Gasteiger partial charge in [-0.3, -0.25) is 14.9 Å². The van der Waals surface area contributed by atoms with Crippen LogP contribution in [-0.4, -0.2) is 33.4 Å². The lowest BCUT2D eigenvalue weighted by molar-refractivity contribution is -0.385. The summed E-state index contributed by atoms with van der Waals surface area (Å²) in [5, 5.41) is 14.4. The van der Waals surface area contributed by atoms with E-state index in [-0.39, 0.29) is 23.1 Å². The lowest BCUT2D eigenvalue weighted by Crippen LogP contribution is -2.39. The summed E-state index contributed by atoms with van der Waals surface area (Å²) < 4.78 is 0. The number of hydrogen-bond acceptors (Lipinski definition) is 6. The molecular formula is C13H18N4O3S. The molecule has 2 unspecified atom stereocenters. The van der Waals surface area contributed by atoms with Crippen LogP contribution >= 0.6 is 11.8 Å². The van der Waals surface area contributed by atoms with Gasteiger partial charge >= 0.3 is 0 Å². The van der Waals surface area contributed by atoms with Crippen LogP contribution in [0.5, 0.6) is 0 Å². The average molecular weight is 310 g/mol. The molecule has 0 aliphatic heterocycles. The molecule has 1 saturated carbocycles. The quantitative estimate of drug-likeness (QED) is 0.649. The number of pyridine rings is 1. The minimum Gasteiger partial charge on any atom is -0.384 e. The highest BCUT2D eigenvalue weighted by Gasteiger charge is 2.26. The lowest BCUT2D eigenvalue weighted by atomic mass is 9.94. The van der Waals surface area contributed by atoms with E-state index in [4.69, 9.17) is 5.73 Å². The van der Waals surface area contributed by atoms with Crippen molar-refractivity contribution in [2.24, 2.45) is 0 Å². The fraction of sp³-hybridized carbons (Fsp3) is 0.538. The summed E-state index contributed by atoms with van der Waals surface area (Å²) in [7, 11) is 0. The lowest BCUT2D eigenvalue weighted by Gasteiger charge is -2.28. The molecule has 1 aromatic heterocycles. The molecule has 3 N–H and O–H groups in total. The maximum atomic E-state index is 12.3. The Morgan fingerprint density at radius 1 is 1.57 bits per heavy atom. The third kappa shape index (κ3) is 3.84. The van der Waals surface area contributed by atoms with Gasteiger partial charge in [0.2, 0.25) is 0 Å². The number of rotatable bonds is 4. The van der Waals surface area contributed by atoms with Crippen LogP contribution in [0.2, 0.25) is 0 Å². The Hall–Kier alpha value is -1.83. The van der Waals surface area contributed by atoms with Crippen molar-refractivity contribution in [1.29, 1.82) is 0 Å². The smallest absolute Gasteiger partial charge is 0.300 e. The second kappa shape index (κ2) is 6.75. The molecule has 0 saturated heterocycles. The molecule has 1 amide bonds. The molecule has 1 heterocycles. The Morgan fingerprint density at radius 2 is 2.33 bits per heavy atom. The standard InChI is InChI=1S/C13H18N4O3S/c1-21-9-4-2-3-8(5-9)16-13(18)10-6-12(14)15-7-11(10)17(19)20/h6-9H,2-5H2,1H3,(H2,14,15)(H,16,18). The van der Waals surface area contributed by atoms with Gasteiger partial charge < -0.3 is 11.1 Å². The van der Waals surface area contributed by atoms with Crippen LogP contribution in [0.25, 0.3) is 0 Å². The van der Waals surface area contributed by atoms with Gasteiger partial charge in [0.15, 0.2) is 0 Å². The number of nitro groups is 1. The molecule has 1 fully saturated rings. The first-order valence-corrected chi connectivity index (χ1v) is 8.03. The normalized spacial score (nSPS) is 21.8. The van der Waals surface area contributed by atoms with E-state index < -0.39 is 10.8 Å². The second-order valence-corrected chi connectivity index (χ2v) is 6.22. The van der Waals surface area contributed by atoms with Crippen LogP contribution in [0.4, 0.5) is 11.5 Å². The van der Waals surface area contributed by atoms with E-state index in [0.29, 0.717) is 5.25 Å². The Bertz CT molecular complexity index is 552. The summed E-state index contributed by atoms with van der Waals surface area (Å²) in [6.07, 6.45) is 7.07. The Morgan fingerprint density at radius 3 is 3.00 bits per heavy atom. The van der Waals surface area contributed by atoms with Crippen LogP contribution in [0, 0.1) is 10.1 Å². The molecule has 8 heteroatoms. The highest BCUT2D eigenvalue weighted by molar-refractivity contribution is 7.99. The minimum atomic E-state index is -0.618. The van der Waals surface area contributed by atoms with Crippen molar-refractivity contribution >= 4 is 29.2 Å². The number of carbonyl (C=O) groups is 1. The largest absolute Gasteiger partial charge is 0.384 e. The number of anilines is 1. The minimum absolute atomic E-state index is 0.0289. The maximum Gasteiger partial charge on any atom is 0.300 e. The number of thioether (sulfide) groups is 1. The number of nitrogens with zero attached hydrogens (tertiary/aromatic N) is 2. The summed E-state index contributed by atoms with van der Waals surface area (Å²) in [4.78, 5) is 26.3. The second-order valence-electron chi connectivity index (χ2n) is 5.08. The molecule has 0 radical (unpaired) electrons. The van der Waals surface area contributed by atoms with Crippen molar-refractivity contribution < 1.29 is 9.72 Å². The molecule has 0 aromatic carbocycles. The summed E-state index contributed by atoms with van der Waals surface area (Å²) in [6, 6.07) is 1.31. The van der Waals surface area contributed by atoms with Crippen molar-refractivity contribution in [3.63, 3.8) is 0 Å². The van der Waals surface area contributed by atoms with Gasteiger partial charge in [-0.2, -0.15) is 11.8 Å². The van der Waals surface area contributed by atoms with Gasteiger partial charge in [-0.1, -0.05) is 6.42 Å². The number of aromatic nitrogens is 1. The van der Waals surface area contributed by atoms with E-state index in [1.807, 2.05) is 0 Å². The zero-order chi connectivity index (χ0) is 15.4. The van der Waals surface area contributed by atoms with Crippen molar-refractivity contribution in [3.05, 3.63) is 27.9 Å². The average Bonchev–Trinajstić information content (AvgIpc) is 2.47. The Balaban J connectivity index is 2.13. The van der Waals surface area contributed by atoms with E-state index in [1.165, 1.54) is 6.07 Å². The van der Waals surface area contributed by atoms with Crippen LogP contribution < -0.4 is 11.1 Å². The zero-order valence-corrected chi connectivity index (χ0v) is 12.6. The van der Waals surface area contributed by atoms with E-state index >= 15 is 0 Å². The van der Waals surface area contributed by atoms with Crippen LogP contribution in [0.3, 0.4) is 0 Å². The number of carbonyl (C=O) groups excluding carboxylic acids is 1. The molecule has 7 nitrogen and oxygen atoms in total. The van der Waals surface area contributed by atoms with E-state index in [0.717, 1.165) is 31.9 Å². The topological polar surface area (TPSA) is 111 Å². The number of nitrogen functional groups attached to an aromatic ring is 1. The van der Waals surface area contributed by atoms with Crippen molar-refractivity contribution in [3.8, 4) is 0 Å². The number of amides is 1. The van der Waals surface area contributed by atoms with Crippen molar-refractivity contribution in [2.45, 2.75) is 37.0 Å². The predicted molar refractivity (Wildman–Crippen MR) is 82.3 cm³/mol. The fourth-order valence-corrected chi connectivity index (χ4v) is 3.37. The van der Waals surface area contributed by atoms with Gasteiger partial charge in [0.1, 0.15) is 17.6 Å². The first-order valence-electron chi connectivity index (χ1n) is 6.75. The highest BCUT2D eigenvalue weighted by atomic mass is 32.2. The molecule has 1 aliphatic rings. The third-order valence-electron chi connectivity index (χ3n) is 3.64. The van der Waals surface area contributed by atoms with Gasteiger partial charge in [0.25, 0.3) is 11.6 Å². The monoisotopic (exact) mass is 310 g/mol. The van der Waals surface area contributed by atoms with Crippen molar-refractivity contribution in [2.75, 3.05) is 12.0 Å². The molecule has 0 spiro atoms. The first-order chi connectivity index (χ1) is 10.0. The number of nitrogens with one attached hydrogen (secondary N) is 1. The highest BCUT2D eigenvalue weighted by Crippen LogP contribution is 2.27. The first kappa shape index (κ1) is 15.6. The summed E-state index contributed by atoms with van der Waals surface area (Å²) in [5.74, 6) is -0.362. The van der Waals surface area contributed by atoms with Gasteiger partial charge in [-0.25, -0.2) is 4.98 Å². The molecule has 0 bridgehead atoms. The van der Waals surface area contributed by atoms with Crippen LogP contribution in [0.15, 0.2) is 12.3 Å². The van der Waals surface area contributed by atoms with Gasteiger partial charge in [0, 0.05) is 11.3 Å². The molecule has 2 atom stereocenters. The van der Waals surface area contributed by atoms with Gasteiger partial charge in [-0.05, 0) is 31.6 Å². The maximum absolute atomic E-state index is 12.3. The molecule has 114 valence electrons. The van der Waals surface area contributed by atoms with Crippen molar-refractivity contribution in [1.82, 2.24) is 10.3 Å². The summed E-state index contributed by atoms with van der Waals surface area (Å²) >= 11 is 1.79. The Kier molecular flexibility index (Phi) is 5.00. The Labute approximate surface area is 126 Å². The van der Waals surface area contributed by atoms with E-state index in [1.54, 1.807) is 11.8 Å². The van der Waals surface area contributed by atoms with Gasteiger partial charge in [0.05, 0.1) is 4.92 Å².